The first kappa shape index (κ1) is 80.1. The smallest absolute Gasteiger partial charge is 0.462 e. The number of phosphoric acid groups is 2. The van der Waals surface area contributed by atoms with Crippen molar-refractivity contribution in [3.63, 3.8) is 0 Å². The first-order valence-corrected chi connectivity index (χ1v) is 35.8. The lowest BCUT2D eigenvalue weighted by Gasteiger charge is -2.21. The van der Waals surface area contributed by atoms with Gasteiger partial charge in [0.15, 0.2) is 12.2 Å². The Kier molecular flexibility index (Phi) is 52.0. The van der Waals surface area contributed by atoms with Crippen molar-refractivity contribution in [2.75, 3.05) is 39.6 Å². The molecule has 0 aliphatic carbocycles. The average Bonchev–Trinajstić information content (AvgIpc) is 3.45. The molecule has 0 aromatic rings. The van der Waals surface area contributed by atoms with E-state index in [0.29, 0.717) is 37.5 Å². The minimum atomic E-state index is -4.94. The van der Waals surface area contributed by atoms with Crippen LogP contribution >= 0.6 is 15.6 Å². The quantitative estimate of drug-likeness (QED) is 0.0222. The standard InChI is InChI=1S/C63H122O17P2/c1-9-55(7)41-33-25-17-11-12-18-27-35-43-60(65)73-50-59(80-63(68)46-38-30-22-21-26-34-42-56(8)10-2)52-78-82(71,72)76-48-57(64)47-75-81(69,70)77-51-58(79-62(67)45-37-29-20-14-16-24-32-40-54(5)6)49-74-61(66)44-36-28-19-13-15-23-31-39-53(3)4/h53-59,64H,9-52H2,1-8H3,(H,69,70)(H,71,72)/t55?,56?,57?,58-,59-/m1/s1. The van der Waals surface area contributed by atoms with Crippen LogP contribution in [-0.4, -0.2) is 96.7 Å². The van der Waals surface area contributed by atoms with Crippen LogP contribution in [0.1, 0.15) is 299 Å². The van der Waals surface area contributed by atoms with Gasteiger partial charge in [0.2, 0.25) is 0 Å². The van der Waals surface area contributed by atoms with Crippen LogP contribution in [0.2, 0.25) is 0 Å². The van der Waals surface area contributed by atoms with E-state index in [2.05, 4.69) is 55.4 Å². The second-order valence-electron chi connectivity index (χ2n) is 24.2. The number of hydrogen-bond donors (Lipinski definition) is 3. The van der Waals surface area contributed by atoms with Crippen LogP contribution in [0, 0.1) is 23.7 Å². The van der Waals surface area contributed by atoms with Crippen LogP contribution in [0.3, 0.4) is 0 Å². The Hall–Kier alpha value is -1.94. The first-order chi connectivity index (χ1) is 39.2. The number of hydrogen-bond acceptors (Lipinski definition) is 15. The highest BCUT2D eigenvalue weighted by atomic mass is 31.2. The van der Waals surface area contributed by atoms with E-state index in [9.17, 15) is 43.2 Å². The van der Waals surface area contributed by atoms with Crippen molar-refractivity contribution in [3.05, 3.63) is 0 Å². The number of aliphatic hydroxyl groups excluding tert-OH is 1. The molecule has 0 amide bonds. The summed E-state index contributed by atoms with van der Waals surface area (Å²) >= 11 is 0. The summed E-state index contributed by atoms with van der Waals surface area (Å²) in [6.45, 7) is 13.9. The number of phosphoric ester groups is 2. The molecule has 19 heteroatoms. The van der Waals surface area contributed by atoms with Crippen LogP contribution in [0.15, 0.2) is 0 Å². The Labute approximate surface area is 498 Å². The maximum Gasteiger partial charge on any atom is 0.472 e. The maximum absolute atomic E-state index is 13.0. The highest BCUT2D eigenvalue weighted by Crippen LogP contribution is 2.45. The Morgan fingerprint density at radius 1 is 0.341 bits per heavy atom. The largest absolute Gasteiger partial charge is 0.472 e. The summed E-state index contributed by atoms with van der Waals surface area (Å²) < 4.78 is 67.9. The van der Waals surface area contributed by atoms with Crippen molar-refractivity contribution in [3.8, 4) is 0 Å². The molecule has 17 nitrogen and oxygen atoms in total. The molecule has 0 radical (unpaired) electrons. The molecule has 0 heterocycles. The van der Waals surface area contributed by atoms with E-state index in [4.69, 9.17) is 37.0 Å². The zero-order valence-corrected chi connectivity index (χ0v) is 54.9. The fourth-order valence-corrected chi connectivity index (χ4v) is 10.8. The lowest BCUT2D eigenvalue weighted by Crippen LogP contribution is -2.30. The van der Waals surface area contributed by atoms with Gasteiger partial charge >= 0.3 is 39.5 Å². The Morgan fingerprint density at radius 3 is 0.866 bits per heavy atom. The van der Waals surface area contributed by atoms with E-state index < -0.39 is 97.5 Å². The Bertz CT molecular complexity index is 1650. The molecule has 486 valence electrons. The second-order valence-corrected chi connectivity index (χ2v) is 27.1. The number of carbonyl (C=O) groups is 4. The molecule has 0 fully saturated rings. The number of esters is 4. The summed E-state index contributed by atoms with van der Waals surface area (Å²) in [7, 11) is -9.89. The van der Waals surface area contributed by atoms with Gasteiger partial charge in [0.25, 0.3) is 0 Å². The van der Waals surface area contributed by atoms with E-state index in [-0.39, 0.29) is 25.7 Å². The van der Waals surface area contributed by atoms with Crippen molar-refractivity contribution < 1.29 is 80.2 Å². The maximum atomic E-state index is 13.0. The SMILES string of the molecule is CCC(C)CCCCCCCCCCC(=O)OC[C@H](COP(=O)(O)OCC(O)COP(=O)(O)OC[C@@H](COC(=O)CCCCCCCCCC(C)C)OC(=O)CCCCCCCCCC(C)C)OC(=O)CCCCCCCCC(C)CC. The molecule has 0 aliphatic rings. The highest BCUT2D eigenvalue weighted by Gasteiger charge is 2.30. The normalized spacial score (nSPS) is 15.1. The van der Waals surface area contributed by atoms with Crippen LogP contribution in [-0.2, 0) is 65.4 Å². The van der Waals surface area contributed by atoms with Gasteiger partial charge in [-0.1, -0.05) is 248 Å². The van der Waals surface area contributed by atoms with E-state index in [0.717, 1.165) is 108 Å². The number of rotatable bonds is 60. The van der Waals surface area contributed by atoms with Gasteiger partial charge in [0.1, 0.15) is 19.3 Å². The minimum Gasteiger partial charge on any atom is -0.462 e. The van der Waals surface area contributed by atoms with Gasteiger partial charge in [-0.3, -0.25) is 37.3 Å². The minimum absolute atomic E-state index is 0.102. The van der Waals surface area contributed by atoms with Gasteiger partial charge in [-0.2, -0.15) is 0 Å². The van der Waals surface area contributed by atoms with Gasteiger partial charge in [-0.15, -0.1) is 0 Å². The Balaban J connectivity index is 5.26. The average molecular weight is 1210 g/mol. The van der Waals surface area contributed by atoms with Crippen LogP contribution in [0.4, 0.5) is 0 Å². The van der Waals surface area contributed by atoms with E-state index in [1.807, 2.05) is 0 Å². The lowest BCUT2D eigenvalue weighted by atomic mass is 9.99. The number of unbranched alkanes of at least 4 members (excludes halogenated alkanes) is 24. The van der Waals surface area contributed by atoms with Crippen molar-refractivity contribution in [1.29, 1.82) is 0 Å². The third-order valence-electron chi connectivity index (χ3n) is 15.0. The predicted octanol–water partition coefficient (Wildman–Crippen LogP) is 17.0. The summed E-state index contributed by atoms with van der Waals surface area (Å²) in [4.78, 5) is 72.1. The van der Waals surface area contributed by atoms with Gasteiger partial charge < -0.3 is 33.8 Å². The first-order valence-electron chi connectivity index (χ1n) is 32.8. The molecule has 0 rings (SSSR count). The van der Waals surface area contributed by atoms with E-state index in [1.165, 1.54) is 96.3 Å². The second kappa shape index (κ2) is 53.3. The topological polar surface area (TPSA) is 237 Å². The predicted molar refractivity (Wildman–Crippen MR) is 326 cm³/mol. The summed E-state index contributed by atoms with van der Waals surface area (Å²) in [5, 5.41) is 10.5. The summed E-state index contributed by atoms with van der Waals surface area (Å²) in [6.07, 6.45) is 32.3. The van der Waals surface area contributed by atoms with Crippen LogP contribution < -0.4 is 0 Å². The fourth-order valence-electron chi connectivity index (χ4n) is 9.19. The molecule has 0 aromatic carbocycles. The zero-order valence-electron chi connectivity index (χ0n) is 53.1. The van der Waals surface area contributed by atoms with Gasteiger partial charge in [0, 0.05) is 25.7 Å². The molecule has 0 spiro atoms. The van der Waals surface area contributed by atoms with Crippen molar-refractivity contribution >= 4 is 39.5 Å². The molecule has 0 aliphatic heterocycles. The van der Waals surface area contributed by atoms with Crippen molar-refractivity contribution in [2.24, 2.45) is 23.7 Å². The van der Waals surface area contributed by atoms with Gasteiger partial charge in [0.05, 0.1) is 26.4 Å². The molecule has 82 heavy (non-hydrogen) atoms. The van der Waals surface area contributed by atoms with E-state index >= 15 is 0 Å². The number of aliphatic hydroxyl groups is 1. The van der Waals surface area contributed by atoms with Gasteiger partial charge in [-0.25, -0.2) is 9.13 Å². The summed E-state index contributed by atoms with van der Waals surface area (Å²) in [5.74, 6) is 0.753. The van der Waals surface area contributed by atoms with Crippen molar-refractivity contribution in [1.82, 2.24) is 0 Å². The molecule has 0 saturated carbocycles. The fraction of sp³-hybridized carbons (Fsp3) is 0.937. The molecule has 0 aromatic heterocycles. The monoisotopic (exact) mass is 1210 g/mol. The number of carbonyl (C=O) groups excluding carboxylic acids is 4. The molecule has 3 N–H and O–H groups in total. The zero-order chi connectivity index (χ0) is 61.1. The highest BCUT2D eigenvalue weighted by molar-refractivity contribution is 7.47. The third-order valence-corrected chi connectivity index (χ3v) is 16.9. The number of ether oxygens (including phenoxy) is 4. The summed E-state index contributed by atoms with van der Waals surface area (Å²) in [6, 6.07) is 0. The molecule has 0 bridgehead atoms. The van der Waals surface area contributed by atoms with Crippen LogP contribution in [0.25, 0.3) is 0 Å². The van der Waals surface area contributed by atoms with Crippen LogP contribution in [0.5, 0.6) is 0 Å². The molecule has 0 saturated heterocycles. The molecule has 7 atom stereocenters. The molecular weight excluding hydrogens is 1090 g/mol. The van der Waals surface area contributed by atoms with Gasteiger partial charge in [-0.05, 0) is 49.4 Å². The van der Waals surface area contributed by atoms with E-state index in [1.54, 1.807) is 0 Å². The molecular formula is C63H122O17P2. The third kappa shape index (κ3) is 54.7. The lowest BCUT2D eigenvalue weighted by molar-refractivity contribution is -0.161. The van der Waals surface area contributed by atoms with Crippen molar-refractivity contribution in [2.45, 2.75) is 318 Å². The summed E-state index contributed by atoms with van der Waals surface area (Å²) in [5.41, 5.74) is 0. The molecule has 5 unspecified atom stereocenters. The Morgan fingerprint density at radius 2 is 0.585 bits per heavy atom.